The zero-order chi connectivity index (χ0) is 11.5. The van der Waals surface area contributed by atoms with Crippen molar-refractivity contribution < 1.29 is 0 Å². The normalized spacial score (nSPS) is 12.9. The Morgan fingerprint density at radius 1 is 1.44 bits per heavy atom. The Labute approximate surface area is 95.5 Å². The topological polar surface area (TPSA) is 55.9 Å². The highest BCUT2D eigenvalue weighted by Gasteiger charge is 2.05. The molecule has 1 aromatic carbocycles. The summed E-state index contributed by atoms with van der Waals surface area (Å²) >= 11 is 0. The first-order valence-corrected chi connectivity index (χ1v) is 5.59. The van der Waals surface area contributed by atoms with Crippen molar-refractivity contribution in [3.63, 3.8) is 0 Å². The first-order valence-electron chi connectivity index (χ1n) is 5.59. The molecule has 16 heavy (non-hydrogen) atoms. The third-order valence-corrected chi connectivity index (χ3v) is 2.67. The number of para-hydroxylation sites is 2. The molecule has 1 aromatic heterocycles. The van der Waals surface area contributed by atoms with Crippen molar-refractivity contribution >= 4 is 17.0 Å². The predicted octanol–water partition coefficient (Wildman–Crippen LogP) is 1.72. The fourth-order valence-electron chi connectivity index (χ4n) is 1.72. The lowest BCUT2D eigenvalue weighted by atomic mass is 10.2. The summed E-state index contributed by atoms with van der Waals surface area (Å²) in [6, 6.07) is 8.34. The van der Waals surface area contributed by atoms with Gasteiger partial charge in [-0.15, -0.1) is 0 Å². The van der Waals surface area contributed by atoms with Crippen LogP contribution in [0.3, 0.4) is 0 Å². The fourth-order valence-corrected chi connectivity index (χ4v) is 1.72. The van der Waals surface area contributed by atoms with E-state index in [0.717, 1.165) is 29.9 Å². The largest absolute Gasteiger partial charge is 0.356 e. The van der Waals surface area contributed by atoms with E-state index in [1.54, 1.807) is 0 Å². The Hall–Kier alpha value is -1.55. The molecule has 0 saturated carbocycles. The zero-order valence-electron chi connectivity index (χ0n) is 9.77. The molecule has 3 N–H and O–H groups in total. The van der Waals surface area contributed by atoms with Gasteiger partial charge in [-0.05, 0) is 25.5 Å². The molecular weight excluding hydrogens is 200 g/mol. The van der Waals surface area contributed by atoms with Gasteiger partial charge in [0.25, 0.3) is 0 Å². The van der Waals surface area contributed by atoms with Crippen LogP contribution < -0.4 is 11.1 Å². The molecule has 4 heteroatoms. The molecule has 4 nitrogen and oxygen atoms in total. The van der Waals surface area contributed by atoms with Crippen molar-refractivity contribution in [1.82, 2.24) is 9.55 Å². The van der Waals surface area contributed by atoms with Gasteiger partial charge in [-0.3, -0.25) is 0 Å². The molecule has 1 unspecified atom stereocenters. The Bertz CT molecular complexity index is 473. The number of hydrogen-bond donors (Lipinski definition) is 2. The van der Waals surface area contributed by atoms with E-state index in [1.165, 1.54) is 0 Å². The van der Waals surface area contributed by atoms with Gasteiger partial charge in [0.1, 0.15) is 0 Å². The fraction of sp³-hybridized carbons (Fsp3) is 0.417. The number of nitrogens with two attached hydrogens (primary N) is 1. The van der Waals surface area contributed by atoms with Crippen molar-refractivity contribution in [2.75, 3.05) is 11.9 Å². The van der Waals surface area contributed by atoms with Gasteiger partial charge >= 0.3 is 0 Å². The molecule has 0 spiro atoms. The van der Waals surface area contributed by atoms with Gasteiger partial charge in [0.05, 0.1) is 11.0 Å². The summed E-state index contributed by atoms with van der Waals surface area (Å²) < 4.78 is 2.07. The van der Waals surface area contributed by atoms with Crippen molar-refractivity contribution in [2.24, 2.45) is 12.8 Å². The van der Waals surface area contributed by atoms with Gasteiger partial charge in [-0.2, -0.15) is 0 Å². The van der Waals surface area contributed by atoms with E-state index in [2.05, 4.69) is 20.9 Å². The van der Waals surface area contributed by atoms with Crippen molar-refractivity contribution in [2.45, 2.75) is 19.4 Å². The van der Waals surface area contributed by atoms with E-state index in [-0.39, 0.29) is 6.04 Å². The van der Waals surface area contributed by atoms with E-state index in [4.69, 9.17) is 5.73 Å². The Balaban J connectivity index is 2.15. The van der Waals surface area contributed by atoms with Gasteiger partial charge in [0.2, 0.25) is 5.95 Å². The van der Waals surface area contributed by atoms with E-state index < -0.39 is 0 Å². The Kier molecular flexibility index (Phi) is 3.10. The van der Waals surface area contributed by atoms with Crippen molar-refractivity contribution in [1.29, 1.82) is 0 Å². The molecule has 86 valence electrons. The number of aromatic nitrogens is 2. The number of hydrogen-bond acceptors (Lipinski definition) is 3. The SMILES string of the molecule is CC(N)CCNc1nc2ccccc2n1C. The van der Waals surface area contributed by atoms with Crippen LogP contribution in [0.2, 0.25) is 0 Å². The number of benzene rings is 1. The minimum absolute atomic E-state index is 0.224. The summed E-state index contributed by atoms with van der Waals surface area (Å²) in [5.74, 6) is 0.904. The highest BCUT2D eigenvalue weighted by molar-refractivity contribution is 5.78. The van der Waals surface area contributed by atoms with E-state index >= 15 is 0 Å². The number of anilines is 1. The quantitative estimate of drug-likeness (QED) is 0.821. The summed E-state index contributed by atoms with van der Waals surface area (Å²) in [5.41, 5.74) is 7.87. The molecule has 0 fully saturated rings. The van der Waals surface area contributed by atoms with Crippen LogP contribution in [0.25, 0.3) is 11.0 Å². The highest BCUT2D eigenvalue weighted by atomic mass is 15.2. The van der Waals surface area contributed by atoms with Crippen LogP contribution in [-0.2, 0) is 7.05 Å². The van der Waals surface area contributed by atoms with Crippen LogP contribution in [0.15, 0.2) is 24.3 Å². The minimum atomic E-state index is 0.224. The maximum Gasteiger partial charge on any atom is 0.203 e. The van der Waals surface area contributed by atoms with Crippen LogP contribution in [-0.4, -0.2) is 22.1 Å². The molecule has 2 aromatic rings. The molecule has 2 rings (SSSR count). The summed E-state index contributed by atoms with van der Waals surface area (Å²) in [7, 11) is 2.02. The van der Waals surface area contributed by atoms with Crippen molar-refractivity contribution in [3.05, 3.63) is 24.3 Å². The monoisotopic (exact) mass is 218 g/mol. The third kappa shape index (κ3) is 2.17. The minimum Gasteiger partial charge on any atom is -0.356 e. The number of nitrogens with zero attached hydrogens (tertiary/aromatic N) is 2. The first kappa shape index (κ1) is 11.0. The van der Waals surface area contributed by atoms with Crippen LogP contribution in [0, 0.1) is 0 Å². The second-order valence-corrected chi connectivity index (χ2v) is 4.18. The summed E-state index contributed by atoms with van der Waals surface area (Å²) in [6.45, 7) is 2.87. The third-order valence-electron chi connectivity index (χ3n) is 2.67. The molecule has 0 aliphatic carbocycles. The molecule has 0 aliphatic rings. The van der Waals surface area contributed by atoms with Gasteiger partial charge in [-0.25, -0.2) is 4.98 Å². The molecule has 0 saturated heterocycles. The summed E-state index contributed by atoms with van der Waals surface area (Å²) in [6.07, 6.45) is 0.948. The number of fused-ring (bicyclic) bond motifs is 1. The maximum atomic E-state index is 5.70. The number of rotatable bonds is 4. The second kappa shape index (κ2) is 4.53. The average molecular weight is 218 g/mol. The molecule has 0 bridgehead atoms. The van der Waals surface area contributed by atoms with Crippen LogP contribution in [0.4, 0.5) is 5.95 Å². The predicted molar refractivity (Wildman–Crippen MR) is 67.5 cm³/mol. The van der Waals surface area contributed by atoms with Crippen LogP contribution in [0.1, 0.15) is 13.3 Å². The molecule has 1 atom stereocenters. The van der Waals surface area contributed by atoms with E-state index in [0.29, 0.717) is 0 Å². The van der Waals surface area contributed by atoms with Crippen LogP contribution >= 0.6 is 0 Å². The Morgan fingerprint density at radius 3 is 2.88 bits per heavy atom. The number of aryl methyl sites for hydroxylation is 1. The first-order chi connectivity index (χ1) is 7.68. The summed E-state index contributed by atoms with van der Waals surface area (Å²) in [4.78, 5) is 4.52. The Morgan fingerprint density at radius 2 is 2.19 bits per heavy atom. The van der Waals surface area contributed by atoms with Crippen molar-refractivity contribution in [3.8, 4) is 0 Å². The molecular formula is C12H18N4. The lowest BCUT2D eigenvalue weighted by Crippen LogP contribution is -2.19. The van der Waals surface area contributed by atoms with Gasteiger partial charge in [0, 0.05) is 19.6 Å². The molecule has 0 amide bonds. The molecule has 1 heterocycles. The highest BCUT2D eigenvalue weighted by Crippen LogP contribution is 2.17. The second-order valence-electron chi connectivity index (χ2n) is 4.18. The maximum absolute atomic E-state index is 5.70. The molecule has 0 radical (unpaired) electrons. The zero-order valence-corrected chi connectivity index (χ0v) is 9.77. The van der Waals surface area contributed by atoms with Gasteiger partial charge in [0.15, 0.2) is 0 Å². The lowest BCUT2D eigenvalue weighted by Gasteiger charge is -2.07. The average Bonchev–Trinajstić information content (AvgIpc) is 2.56. The number of nitrogens with one attached hydrogen (secondary N) is 1. The standard InChI is InChI=1S/C12H18N4/c1-9(13)7-8-14-12-15-10-5-3-4-6-11(10)16(12)2/h3-6,9H,7-8,13H2,1-2H3,(H,14,15). The van der Waals surface area contributed by atoms with E-state index in [9.17, 15) is 0 Å². The van der Waals surface area contributed by atoms with Crippen LogP contribution in [0.5, 0.6) is 0 Å². The van der Waals surface area contributed by atoms with Gasteiger partial charge in [-0.1, -0.05) is 12.1 Å². The molecule has 0 aliphatic heterocycles. The lowest BCUT2D eigenvalue weighted by molar-refractivity contribution is 0.686. The smallest absolute Gasteiger partial charge is 0.203 e. The van der Waals surface area contributed by atoms with E-state index in [1.807, 2.05) is 32.2 Å². The number of imidazole rings is 1. The van der Waals surface area contributed by atoms with Gasteiger partial charge < -0.3 is 15.6 Å². The summed E-state index contributed by atoms with van der Waals surface area (Å²) in [5, 5.41) is 3.31.